The van der Waals surface area contributed by atoms with Crippen molar-refractivity contribution in [2.45, 2.75) is 0 Å². The van der Waals surface area contributed by atoms with E-state index < -0.39 is 0 Å². The molecule has 2 aliphatic rings. The van der Waals surface area contributed by atoms with Gasteiger partial charge in [0, 0.05) is 50.9 Å². The highest BCUT2D eigenvalue weighted by Crippen LogP contribution is 2.25. The fraction of sp³-hybridized carbons (Fsp3) is 0.261. The smallest absolute Gasteiger partial charge is 0.261 e. The largest absolute Gasteiger partial charge is 0.354 e. The zero-order valence-electron chi connectivity index (χ0n) is 16.1. The van der Waals surface area contributed by atoms with Crippen molar-refractivity contribution in [1.82, 2.24) is 14.8 Å². The molecule has 2 aliphatic heterocycles. The van der Waals surface area contributed by atoms with Gasteiger partial charge in [0.1, 0.15) is 5.82 Å². The Morgan fingerprint density at radius 3 is 2.14 bits per heavy atom. The maximum atomic E-state index is 12.5. The highest BCUT2D eigenvalue weighted by Gasteiger charge is 2.35. The monoisotopic (exact) mass is 386 g/mol. The minimum Gasteiger partial charge on any atom is -0.354 e. The number of piperazine rings is 1. The Hall–Kier alpha value is -3.25. The fourth-order valence-corrected chi connectivity index (χ4v) is 4.22. The third-order valence-electron chi connectivity index (χ3n) is 5.84. The van der Waals surface area contributed by atoms with Crippen LogP contribution in [0.5, 0.6) is 0 Å². The number of amides is 2. The van der Waals surface area contributed by atoms with E-state index in [1.807, 2.05) is 24.4 Å². The van der Waals surface area contributed by atoms with E-state index in [-0.39, 0.29) is 11.8 Å². The third-order valence-corrected chi connectivity index (χ3v) is 5.84. The summed E-state index contributed by atoms with van der Waals surface area (Å²) in [5.41, 5.74) is 1.04. The second-order valence-corrected chi connectivity index (χ2v) is 7.49. The molecule has 0 spiro atoms. The van der Waals surface area contributed by atoms with E-state index >= 15 is 0 Å². The number of fused-ring (bicyclic) bond motifs is 2. The molecule has 0 saturated carbocycles. The molecule has 2 amide bonds. The Balaban J connectivity index is 1.21. The first-order valence-corrected chi connectivity index (χ1v) is 9.98. The Labute approximate surface area is 169 Å². The van der Waals surface area contributed by atoms with Gasteiger partial charge in [-0.1, -0.05) is 36.4 Å². The van der Waals surface area contributed by atoms with Crippen LogP contribution in [-0.4, -0.2) is 65.9 Å². The maximum Gasteiger partial charge on any atom is 0.261 e. The average Bonchev–Trinajstić information content (AvgIpc) is 3.02. The van der Waals surface area contributed by atoms with Gasteiger partial charge in [-0.3, -0.25) is 19.4 Å². The first-order valence-electron chi connectivity index (χ1n) is 9.98. The highest BCUT2D eigenvalue weighted by molar-refractivity contribution is 6.21. The third kappa shape index (κ3) is 3.15. The number of hydrogen-bond acceptors (Lipinski definition) is 5. The number of hydrogen-bond donors (Lipinski definition) is 0. The molecule has 2 aromatic carbocycles. The van der Waals surface area contributed by atoms with Crippen LogP contribution in [0.25, 0.3) is 10.8 Å². The van der Waals surface area contributed by atoms with Gasteiger partial charge < -0.3 is 4.90 Å². The van der Waals surface area contributed by atoms with Gasteiger partial charge in [-0.05, 0) is 23.6 Å². The molecular weight excluding hydrogens is 364 g/mol. The molecule has 0 atom stereocenters. The van der Waals surface area contributed by atoms with Crippen molar-refractivity contribution in [3.05, 3.63) is 71.9 Å². The summed E-state index contributed by atoms with van der Waals surface area (Å²) in [7, 11) is 0. The van der Waals surface area contributed by atoms with Crippen molar-refractivity contribution in [3.63, 3.8) is 0 Å². The maximum absolute atomic E-state index is 12.5. The van der Waals surface area contributed by atoms with E-state index in [0.29, 0.717) is 24.2 Å². The Bertz CT molecular complexity index is 1050. The molecule has 146 valence electrons. The second kappa shape index (κ2) is 7.29. The van der Waals surface area contributed by atoms with Crippen molar-refractivity contribution >= 4 is 28.4 Å². The summed E-state index contributed by atoms with van der Waals surface area (Å²) in [5.74, 6) is 0.677. The molecule has 6 nitrogen and oxygen atoms in total. The molecule has 5 rings (SSSR count). The fourth-order valence-electron chi connectivity index (χ4n) is 4.22. The molecule has 29 heavy (non-hydrogen) atoms. The summed E-state index contributed by atoms with van der Waals surface area (Å²) < 4.78 is 0. The van der Waals surface area contributed by atoms with Crippen LogP contribution in [0.3, 0.4) is 0 Å². The van der Waals surface area contributed by atoms with Crippen LogP contribution in [0.1, 0.15) is 20.7 Å². The molecule has 1 fully saturated rings. The number of carbonyl (C=O) groups is 2. The van der Waals surface area contributed by atoms with Crippen molar-refractivity contribution in [1.29, 1.82) is 0 Å². The summed E-state index contributed by atoms with van der Waals surface area (Å²) in [6.45, 7) is 4.65. The predicted molar refractivity (Wildman–Crippen MR) is 112 cm³/mol. The Morgan fingerprint density at radius 1 is 0.759 bits per heavy atom. The molecule has 0 radical (unpaired) electrons. The minimum atomic E-state index is -0.177. The van der Waals surface area contributed by atoms with Gasteiger partial charge in [0.25, 0.3) is 11.8 Å². The quantitative estimate of drug-likeness (QED) is 0.646. The molecule has 3 heterocycles. The van der Waals surface area contributed by atoms with Gasteiger partial charge in [-0.25, -0.2) is 4.98 Å². The summed E-state index contributed by atoms with van der Waals surface area (Å²) in [6.07, 6.45) is 1.87. The molecule has 0 unspecified atom stereocenters. The van der Waals surface area contributed by atoms with Gasteiger partial charge in [-0.2, -0.15) is 0 Å². The number of aromatic nitrogens is 1. The van der Waals surface area contributed by atoms with Crippen LogP contribution in [0.2, 0.25) is 0 Å². The average molecular weight is 386 g/mol. The van der Waals surface area contributed by atoms with Crippen LogP contribution in [0.4, 0.5) is 5.82 Å². The number of rotatable bonds is 4. The lowest BCUT2D eigenvalue weighted by molar-refractivity contribution is 0.0635. The molecule has 3 aromatic rings. The summed E-state index contributed by atoms with van der Waals surface area (Å²) in [6, 6.07) is 17.4. The number of carbonyl (C=O) groups excluding carboxylic acids is 2. The summed E-state index contributed by atoms with van der Waals surface area (Å²) in [4.78, 5) is 35.6. The normalized spacial score (nSPS) is 17.2. The first-order chi connectivity index (χ1) is 14.2. The van der Waals surface area contributed by atoms with Crippen molar-refractivity contribution in [3.8, 4) is 0 Å². The molecule has 6 heteroatoms. The van der Waals surface area contributed by atoms with Gasteiger partial charge in [-0.15, -0.1) is 0 Å². The van der Waals surface area contributed by atoms with Gasteiger partial charge >= 0.3 is 0 Å². The topological polar surface area (TPSA) is 56.8 Å². The zero-order chi connectivity index (χ0) is 19.8. The van der Waals surface area contributed by atoms with E-state index in [9.17, 15) is 9.59 Å². The van der Waals surface area contributed by atoms with E-state index in [2.05, 4.69) is 26.9 Å². The molecule has 0 aliphatic carbocycles. The standard InChI is InChI=1S/C23H22N4O2/c28-22-19-7-3-4-8-20(19)23(29)27(22)16-13-25-11-14-26(15-12-25)21-18-6-2-1-5-17(18)9-10-24-21/h1-10H,11-16H2. The lowest BCUT2D eigenvalue weighted by atomic mass is 10.1. The highest BCUT2D eigenvalue weighted by atomic mass is 16.2. The van der Waals surface area contributed by atoms with E-state index in [0.717, 1.165) is 32.0 Å². The van der Waals surface area contributed by atoms with Gasteiger partial charge in [0.2, 0.25) is 0 Å². The number of pyridine rings is 1. The van der Waals surface area contributed by atoms with Crippen LogP contribution >= 0.6 is 0 Å². The lowest BCUT2D eigenvalue weighted by Gasteiger charge is -2.36. The lowest BCUT2D eigenvalue weighted by Crippen LogP contribution is -2.49. The second-order valence-electron chi connectivity index (χ2n) is 7.49. The van der Waals surface area contributed by atoms with E-state index in [4.69, 9.17) is 0 Å². The predicted octanol–water partition coefficient (Wildman–Crippen LogP) is 2.65. The van der Waals surface area contributed by atoms with Crippen molar-refractivity contribution in [2.75, 3.05) is 44.2 Å². The van der Waals surface area contributed by atoms with Crippen molar-refractivity contribution in [2.24, 2.45) is 0 Å². The summed E-state index contributed by atoms with van der Waals surface area (Å²) in [5, 5.41) is 2.38. The van der Waals surface area contributed by atoms with E-state index in [1.54, 1.807) is 24.3 Å². The number of anilines is 1. The number of imide groups is 1. The van der Waals surface area contributed by atoms with E-state index in [1.165, 1.54) is 15.7 Å². The summed E-state index contributed by atoms with van der Waals surface area (Å²) >= 11 is 0. The molecule has 1 aromatic heterocycles. The SMILES string of the molecule is O=C1c2ccccc2C(=O)N1CCN1CCN(c2nccc3ccccc23)CC1. The molecule has 1 saturated heterocycles. The molecule has 0 N–H and O–H groups in total. The molecule has 0 bridgehead atoms. The zero-order valence-corrected chi connectivity index (χ0v) is 16.1. The van der Waals surface area contributed by atoms with Crippen LogP contribution in [0, 0.1) is 0 Å². The van der Waals surface area contributed by atoms with Gasteiger partial charge in [0.15, 0.2) is 0 Å². The number of nitrogens with zero attached hydrogens (tertiary/aromatic N) is 4. The minimum absolute atomic E-state index is 0.177. The van der Waals surface area contributed by atoms with Gasteiger partial charge in [0.05, 0.1) is 11.1 Å². The Kier molecular flexibility index (Phi) is 4.48. The van der Waals surface area contributed by atoms with Crippen LogP contribution in [0.15, 0.2) is 60.8 Å². The van der Waals surface area contributed by atoms with Crippen molar-refractivity contribution < 1.29 is 9.59 Å². The van der Waals surface area contributed by atoms with Crippen LogP contribution in [-0.2, 0) is 0 Å². The number of benzene rings is 2. The van der Waals surface area contributed by atoms with Crippen LogP contribution < -0.4 is 4.90 Å². The first kappa shape index (κ1) is 17.8. The molecular formula is C23H22N4O2. The Morgan fingerprint density at radius 2 is 1.41 bits per heavy atom.